The van der Waals surface area contributed by atoms with E-state index in [1.165, 1.54) is 6.26 Å². The molecule has 1 unspecified atom stereocenters. The van der Waals surface area contributed by atoms with Crippen LogP contribution in [0.15, 0.2) is 41.0 Å². The van der Waals surface area contributed by atoms with Gasteiger partial charge in [-0.25, -0.2) is 8.78 Å². The van der Waals surface area contributed by atoms with E-state index in [4.69, 9.17) is 9.68 Å². The molecule has 0 aliphatic carbocycles. The molecule has 0 spiro atoms. The van der Waals surface area contributed by atoms with Gasteiger partial charge in [-0.05, 0) is 29.8 Å². The van der Waals surface area contributed by atoms with Gasteiger partial charge in [0, 0.05) is 18.9 Å². The normalized spacial score (nSPS) is 11.8. The van der Waals surface area contributed by atoms with Gasteiger partial charge in [0.15, 0.2) is 5.78 Å². The van der Waals surface area contributed by atoms with Gasteiger partial charge in [0.2, 0.25) is 0 Å². The number of ketones is 1. The topological polar surface area (TPSA) is 54.0 Å². The van der Waals surface area contributed by atoms with Gasteiger partial charge in [-0.1, -0.05) is 0 Å². The van der Waals surface area contributed by atoms with Gasteiger partial charge in [-0.15, -0.1) is 0 Å². The van der Waals surface area contributed by atoms with Gasteiger partial charge in [0.1, 0.15) is 23.3 Å². The Bertz CT molecular complexity index is 624. The zero-order valence-electron chi connectivity index (χ0n) is 10.5. The molecule has 0 amide bonds. The highest BCUT2D eigenvalue weighted by molar-refractivity contribution is 5.88. The quantitative estimate of drug-likeness (QED) is 0.840. The average molecular weight is 275 g/mol. The summed E-state index contributed by atoms with van der Waals surface area (Å²) in [5.41, 5.74) is 0.0365. The second-order valence-corrected chi connectivity index (χ2v) is 4.31. The van der Waals surface area contributed by atoms with E-state index in [9.17, 15) is 13.6 Å². The molecule has 0 radical (unpaired) electrons. The number of carbonyl (C=O) groups is 1. The van der Waals surface area contributed by atoms with E-state index in [0.717, 1.165) is 12.1 Å². The molecule has 2 rings (SSSR count). The molecule has 0 fully saturated rings. The van der Waals surface area contributed by atoms with Crippen LogP contribution < -0.4 is 0 Å². The lowest BCUT2D eigenvalue weighted by Gasteiger charge is -2.08. The van der Waals surface area contributed by atoms with E-state index < -0.39 is 23.3 Å². The molecular weight excluding hydrogens is 264 g/mol. The first-order chi connectivity index (χ1) is 9.60. The number of carbonyl (C=O) groups excluding carboxylic acids is 1. The maximum Gasteiger partial charge on any atom is 0.154 e. The van der Waals surface area contributed by atoms with E-state index in [1.807, 2.05) is 0 Å². The Hall–Kier alpha value is -2.48. The first-order valence-electron chi connectivity index (χ1n) is 6.01. The monoisotopic (exact) mass is 275 g/mol. The second-order valence-electron chi connectivity index (χ2n) is 4.31. The van der Waals surface area contributed by atoms with Crippen LogP contribution in [0.25, 0.3) is 0 Å². The van der Waals surface area contributed by atoms with Crippen molar-refractivity contribution in [1.82, 2.24) is 0 Å². The largest absolute Gasteiger partial charge is 0.469 e. The van der Waals surface area contributed by atoms with Crippen molar-refractivity contribution >= 4 is 5.78 Å². The summed E-state index contributed by atoms with van der Waals surface area (Å²) in [4.78, 5) is 12.0. The lowest BCUT2D eigenvalue weighted by Crippen LogP contribution is -2.12. The Labute approximate surface area is 114 Å². The Balaban J connectivity index is 2.11. The van der Waals surface area contributed by atoms with E-state index in [-0.39, 0.29) is 12.0 Å². The fourth-order valence-corrected chi connectivity index (χ4v) is 1.92. The molecule has 3 nitrogen and oxygen atoms in total. The molecule has 20 heavy (non-hydrogen) atoms. The van der Waals surface area contributed by atoms with Crippen LogP contribution in [-0.4, -0.2) is 5.78 Å². The molecule has 0 N–H and O–H groups in total. The Morgan fingerprint density at radius 3 is 2.55 bits per heavy atom. The maximum atomic E-state index is 13.1. The van der Waals surface area contributed by atoms with Crippen molar-refractivity contribution in [2.24, 2.45) is 0 Å². The van der Waals surface area contributed by atoms with Crippen LogP contribution in [0.3, 0.4) is 0 Å². The molecule has 1 aromatic carbocycles. The summed E-state index contributed by atoms with van der Waals surface area (Å²) < 4.78 is 31.3. The summed E-state index contributed by atoms with van der Waals surface area (Å²) in [6.07, 6.45) is 1.91. The van der Waals surface area contributed by atoms with Gasteiger partial charge < -0.3 is 4.42 Å². The van der Waals surface area contributed by atoms with Crippen molar-refractivity contribution in [3.63, 3.8) is 0 Å². The van der Waals surface area contributed by atoms with Crippen LogP contribution in [0.4, 0.5) is 8.78 Å². The number of aryl methyl sites for hydroxylation is 1. The number of nitrogens with zero attached hydrogens (tertiary/aromatic N) is 1. The fraction of sp³-hybridized carbons (Fsp3) is 0.200. The maximum absolute atomic E-state index is 13.1. The van der Waals surface area contributed by atoms with Crippen molar-refractivity contribution in [1.29, 1.82) is 5.26 Å². The lowest BCUT2D eigenvalue weighted by atomic mass is 9.93. The van der Waals surface area contributed by atoms with Crippen molar-refractivity contribution in [3.8, 4) is 6.07 Å². The Morgan fingerprint density at radius 1 is 1.30 bits per heavy atom. The molecular formula is C15H11F2NO2. The van der Waals surface area contributed by atoms with Gasteiger partial charge in [0.05, 0.1) is 12.3 Å². The van der Waals surface area contributed by atoms with Crippen molar-refractivity contribution in [3.05, 3.63) is 59.6 Å². The van der Waals surface area contributed by atoms with Crippen LogP contribution in [0.1, 0.15) is 23.7 Å². The molecule has 0 aliphatic heterocycles. The first-order valence-corrected chi connectivity index (χ1v) is 6.01. The van der Waals surface area contributed by atoms with Crippen molar-refractivity contribution < 1.29 is 18.0 Å². The van der Waals surface area contributed by atoms with E-state index in [0.29, 0.717) is 18.2 Å². The van der Waals surface area contributed by atoms with E-state index in [1.54, 1.807) is 18.2 Å². The van der Waals surface area contributed by atoms with Crippen LogP contribution >= 0.6 is 0 Å². The van der Waals surface area contributed by atoms with Crippen molar-refractivity contribution in [2.75, 3.05) is 0 Å². The number of halogens is 2. The van der Waals surface area contributed by atoms with E-state index in [2.05, 4.69) is 0 Å². The van der Waals surface area contributed by atoms with Gasteiger partial charge in [0.25, 0.3) is 0 Å². The molecule has 1 heterocycles. The Kier molecular flexibility index (Phi) is 4.26. The molecule has 1 aromatic heterocycles. The zero-order valence-corrected chi connectivity index (χ0v) is 10.5. The number of Topliss-reactive ketones (excluding diaryl/α,β-unsaturated/α-hetero) is 1. The number of rotatable bonds is 5. The number of hydrogen-bond donors (Lipinski definition) is 0. The Morgan fingerprint density at radius 2 is 2.00 bits per heavy atom. The smallest absolute Gasteiger partial charge is 0.154 e. The van der Waals surface area contributed by atoms with E-state index >= 15 is 0 Å². The van der Waals surface area contributed by atoms with Crippen LogP contribution in [0.5, 0.6) is 0 Å². The van der Waals surface area contributed by atoms with Gasteiger partial charge in [-0.3, -0.25) is 4.79 Å². The molecule has 5 heteroatoms. The van der Waals surface area contributed by atoms with Gasteiger partial charge >= 0.3 is 0 Å². The van der Waals surface area contributed by atoms with Gasteiger partial charge in [-0.2, -0.15) is 5.26 Å². The molecule has 0 saturated carbocycles. The summed E-state index contributed by atoms with van der Waals surface area (Å²) in [5.74, 6) is -2.55. The third-order valence-electron chi connectivity index (χ3n) is 2.87. The number of furan rings is 1. The molecule has 102 valence electrons. The highest BCUT2D eigenvalue weighted by Gasteiger charge is 2.21. The third kappa shape index (κ3) is 3.29. The minimum absolute atomic E-state index is 0.0365. The predicted octanol–water partition coefficient (Wildman–Crippen LogP) is 3.37. The van der Waals surface area contributed by atoms with Crippen molar-refractivity contribution in [2.45, 2.75) is 18.8 Å². The summed E-state index contributed by atoms with van der Waals surface area (Å²) >= 11 is 0. The summed E-state index contributed by atoms with van der Waals surface area (Å²) in [7, 11) is 0. The number of nitriles is 1. The summed E-state index contributed by atoms with van der Waals surface area (Å²) in [6, 6.07) is 7.91. The minimum atomic E-state index is -1.17. The molecule has 0 bridgehead atoms. The summed E-state index contributed by atoms with van der Waals surface area (Å²) in [6.45, 7) is 0. The second kappa shape index (κ2) is 6.11. The summed E-state index contributed by atoms with van der Waals surface area (Å²) in [5, 5.41) is 9.05. The molecule has 1 atom stereocenters. The highest BCUT2D eigenvalue weighted by Crippen LogP contribution is 2.21. The number of benzene rings is 1. The first kappa shape index (κ1) is 13.9. The molecule has 2 aromatic rings. The van der Waals surface area contributed by atoms with Crippen LogP contribution in [-0.2, 0) is 11.2 Å². The highest BCUT2D eigenvalue weighted by atomic mass is 19.1. The molecule has 0 saturated heterocycles. The molecule has 0 aliphatic rings. The predicted molar refractivity (Wildman–Crippen MR) is 66.7 cm³/mol. The average Bonchev–Trinajstić information content (AvgIpc) is 2.89. The third-order valence-corrected chi connectivity index (χ3v) is 2.87. The fourth-order valence-electron chi connectivity index (χ4n) is 1.92. The standard InChI is InChI=1S/C15H11F2NO2/c16-11-6-10(7-12(17)8-11)14(9-18)15(19)4-3-13-2-1-5-20-13/h1-2,5-8,14H,3-4H2. The number of hydrogen-bond acceptors (Lipinski definition) is 3. The lowest BCUT2D eigenvalue weighted by molar-refractivity contribution is -0.119. The minimum Gasteiger partial charge on any atom is -0.469 e. The van der Waals surface area contributed by atoms with Crippen LogP contribution in [0, 0.1) is 23.0 Å². The SMILES string of the molecule is N#CC(C(=O)CCc1ccco1)c1cc(F)cc(F)c1. The zero-order chi connectivity index (χ0) is 14.5. The van der Waals surface area contributed by atoms with Crippen LogP contribution in [0.2, 0.25) is 0 Å².